The van der Waals surface area contributed by atoms with Crippen LogP contribution in [0, 0.1) is 0 Å². The van der Waals surface area contributed by atoms with E-state index in [2.05, 4.69) is 19.2 Å². The number of hydrogen-bond acceptors (Lipinski definition) is 13. The Balaban J connectivity index is 1.89. The molecule has 12 unspecified atom stereocenters. The minimum atomic E-state index is -1.77. The largest absolute Gasteiger partial charge is 0.394 e. The second-order valence-electron chi connectivity index (χ2n) is 14.4. The molecule has 2 saturated heterocycles. The molecule has 51 heavy (non-hydrogen) atoms. The fourth-order valence-corrected chi connectivity index (χ4v) is 6.70. The van der Waals surface area contributed by atoms with Crippen LogP contribution in [0.1, 0.15) is 136 Å². The quantitative estimate of drug-likeness (QED) is 0.0524. The number of unbranched alkanes of at least 4 members (excludes halogenated alkanes) is 15. The molecule has 2 heterocycles. The Labute approximate surface area is 304 Å². The lowest BCUT2D eigenvalue weighted by Crippen LogP contribution is -2.65. The maximum absolute atomic E-state index is 12.9. The fourth-order valence-electron chi connectivity index (χ4n) is 6.70. The molecule has 0 saturated carbocycles. The molecule has 0 aliphatic carbocycles. The highest BCUT2D eigenvalue weighted by molar-refractivity contribution is 5.76. The van der Waals surface area contributed by atoms with E-state index in [1.807, 2.05) is 0 Å². The Morgan fingerprint density at radius 2 is 1.12 bits per heavy atom. The monoisotopic (exact) mass is 737 g/mol. The summed E-state index contributed by atoms with van der Waals surface area (Å²) in [7, 11) is 0. The Morgan fingerprint density at radius 3 is 1.67 bits per heavy atom. The van der Waals surface area contributed by atoms with E-state index >= 15 is 0 Å². The second-order valence-corrected chi connectivity index (χ2v) is 14.4. The van der Waals surface area contributed by atoms with Crippen LogP contribution < -0.4 is 5.32 Å². The molecule has 2 aliphatic rings. The molecule has 0 aromatic rings. The van der Waals surface area contributed by atoms with Crippen LogP contribution in [-0.4, -0.2) is 140 Å². The molecule has 2 rings (SSSR count). The Bertz CT molecular complexity index is 883. The van der Waals surface area contributed by atoms with Gasteiger partial charge in [-0.25, -0.2) is 0 Å². The fraction of sp³-hybridized carbons (Fsp3) is 0.973. The number of rotatable bonds is 28. The number of aliphatic hydroxyl groups is 8. The van der Waals surface area contributed by atoms with E-state index in [0.717, 1.165) is 57.8 Å². The number of carbonyl (C=O) groups excluding carboxylic acids is 1. The van der Waals surface area contributed by atoms with Crippen molar-refractivity contribution in [1.82, 2.24) is 5.32 Å². The zero-order valence-corrected chi connectivity index (χ0v) is 31.1. The van der Waals surface area contributed by atoms with Crippen LogP contribution in [0.25, 0.3) is 0 Å². The third-order valence-corrected chi connectivity index (χ3v) is 10.1. The van der Waals surface area contributed by atoms with Crippen LogP contribution in [0.2, 0.25) is 0 Å². The van der Waals surface area contributed by atoms with Crippen LogP contribution >= 0.6 is 0 Å². The van der Waals surface area contributed by atoms with Crippen molar-refractivity contribution in [1.29, 1.82) is 0 Å². The topological polar surface area (TPSA) is 228 Å². The maximum Gasteiger partial charge on any atom is 0.220 e. The summed E-state index contributed by atoms with van der Waals surface area (Å²) >= 11 is 0. The summed E-state index contributed by atoms with van der Waals surface area (Å²) in [6.07, 6.45) is 3.24. The van der Waals surface area contributed by atoms with Crippen molar-refractivity contribution in [2.45, 2.75) is 209 Å². The van der Waals surface area contributed by atoms with Gasteiger partial charge in [-0.15, -0.1) is 0 Å². The van der Waals surface area contributed by atoms with Crippen molar-refractivity contribution in [2.75, 3.05) is 19.8 Å². The van der Waals surface area contributed by atoms with Crippen molar-refractivity contribution >= 4 is 5.91 Å². The molecule has 2 aliphatic heterocycles. The highest BCUT2D eigenvalue weighted by atomic mass is 16.7. The Kier molecular flexibility index (Phi) is 24.2. The molecule has 12 atom stereocenters. The molecule has 302 valence electrons. The average molecular weight is 738 g/mol. The molecule has 2 fully saturated rings. The molecular formula is C37H71NO13. The summed E-state index contributed by atoms with van der Waals surface area (Å²) in [6.45, 7) is 2.71. The van der Waals surface area contributed by atoms with Gasteiger partial charge in [0.1, 0.15) is 48.8 Å². The summed E-state index contributed by atoms with van der Waals surface area (Å²) in [5, 5.41) is 85.8. The number of nitrogens with one attached hydrogen (secondary N) is 1. The Morgan fingerprint density at radius 1 is 0.627 bits per heavy atom. The first-order valence-corrected chi connectivity index (χ1v) is 19.8. The van der Waals surface area contributed by atoms with Gasteiger partial charge in [0, 0.05) is 6.42 Å². The summed E-state index contributed by atoms with van der Waals surface area (Å²) in [4.78, 5) is 12.9. The molecule has 0 radical (unpaired) electrons. The van der Waals surface area contributed by atoms with E-state index in [0.29, 0.717) is 12.8 Å². The van der Waals surface area contributed by atoms with Gasteiger partial charge in [0.15, 0.2) is 12.6 Å². The van der Waals surface area contributed by atoms with E-state index in [4.69, 9.17) is 18.9 Å². The molecule has 0 spiro atoms. The van der Waals surface area contributed by atoms with Crippen LogP contribution in [-0.2, 0) is 23.7 Å². The van der Waals surface area contributed by atoms with Crippen LogP contribution in [0.4, 0.5) is 0 Å². The zero-order chi connectivity index (χ0) is 37.6. The molecule has 14 heteroatoms. The van der Waals surface area contributed by atoms with Gasteiger partial charge in [-0.1, -0.05) is 117 Å². The van der Waals surface area contributed by atoms with Gasteiger partial charge in [0.05, 0.1) is 32.0 Å². The second kappa shape index (κ2) is 26.7. The third-order valence-electron chi connectivity index (χ3n) is 10.1. The van der Waals surface area contributed by atoms with Crippen molar-refractivity contribution in [2.24, 2.45) is 0 Å². The van der Waals surface area contributed by atoms with Gasteiger partial charge in [0.2, 0.25) is 5.91 Å². The molecule has 1 amide bonds. The van der Waals surface area contributed by atoms with Crippen LogP contribution in [0.3, 0.4) is 0 Å². The number of carbonyl (C=O) groups is 1. The molecule has 0 aromatic carbocycles. The minimum Gasteiger partial charge on any atom is -0.394 e. The smallest absolute Gasteiger partial charge is 0.220 e. The summed E-state index contributed by atoms with van der Waals surface area (Å²) < 4.78 is 22.5. The first-order chi connectivity index (χ1) is 24.6. The SMILES string of the molecule is CCCCCCCCCCCCCCC(=O)NC(COC1OC(CO)C(OC2OC(CO)C(O)C(O)C2O)C(O)C1O)C(O)CCCCCCC. The normalized spacial score (nSPS) is 31.0. The van der Waals surface area contributed by atoms with Gasteiger partial charge in [0.25, 0.3) is 0 Å². The molecule has 0 aromatic heterocycles. The van der Waals surface area contributed by atoms with Gasteiger partial charge >= 0.3 is 0 Å². The number of hydrogen-bond donors (Lipinski definition) is 9. The van der Waals surface area contributed by atoms with E-state index in [-0.39, 0.29) is 12.5 Å². The third kappa shape index (κ3) is 16.5. The van der Waals surface area contributed by atoms with Crippen molar-refractivity contribution in [3.8, 4) is 0 Å². The van der Waals surface area contributed by atoms with E-state index < -0.39 is 86.8 Å². The highest BCUT2D eigenvalue weighted by Gasteiger charge is 2.50. The lowest BCUT2D eigenvalue weighted by Gasteiger charge is -2.46. The van der Waals surface area contributed by atoms with E-state index in [9.17, 15) is 45.6 Å². The number of ether oxygens (including phenoxy) is 4. The molecule has 14 nitrogen and oxygen atoms in total. The first-order valence-electron chi connectivity index (χ1n) is 19.8. The lowest BCUT2D eigenvalue weighted by atomic mass is 9.97. The predicted molar refractivity (Wildman–Crippen MR) is 189 cm³/mol. The zero-order valence-electron chi connectivity index (χ0n) is 31.1. The summed E-state index contributed by atoms with van der Waals surface area (Å²) in [6, 6.07) is -0.815. The standard InChI is InChI=1S/C37H71NO13/c1-3-5-7-9-10-11-12-13-14-15-17-19-21-29(42)38-25(26(41)20-18-16-8-6-4-2)24-48-36-34(47)32(45)35(28(23-40)50-36)51-37-33(46)31(44)30(43)27(22-39)49-37/h25-28,30-37,39-41,43-47H,3-24H2,1-2H3,(H,38,42). The van der Waals surface area contributed by atoms with Crippen LogP contribution in [0.15, 0.2) is 0 Å². The molecule has 9 N–H and O–H groups in total. The first kappa shape index (κ1) is 46.1. The Hall–Kier alpha value is -1.01. The van der Waals surface area contributed by atoms with Gasteiger partial charge in [-0.3, -0.25) is 4.79 Å². The number of amides is 1. The van der Waals surface area contributed by atoms with Crippen molar-refractivity contribution in [3.63, 3.8) is 0 Å². The van der Waals surface area contributed by atoms with E-state index in [1.54, 1.807) is 0 Å². The predicted octanol–water partition coefficient (Wildman–Crippen LogP) is 1.92. The lowest BCUT2D eigenvalue weighted by molar-refractivity contribution is -0.359. The van der Waals surface area contributed by atoms with Gasteiger partial charge in [-0.2, -0.15) is 0 Å². The van der Waals surface area contributed by atoms with Crippen LogP contribution in [0.5, 0.6) is 0 Å². The summed E-state index contributed by atoms with van der Waals surface area (Å²) in [5.74, 6) is -0.216. The molecule has 0 bridgehead atoms. The average Bonchev–Trinajstić information content (AvgIpc) is 3.12. The summed E-state index contributed by atoms with van der Waals surface area (Å²) in [5.41, 5.74) is 0. The van der Waals surface area contributed by atoms with Gasteiger partial charge < -0.3 is 65.1 Å². The van der Waals surface area contributed by atoms with Gasteiger partial charge in [-0.05, 0) is 12.8 Å². The van der Waals surface area contributed by atoms with Crippen molar-refractivity contribution in [3.05, 3.63) is 0 Å². The highest BCUT2D eigenvalue weighted by Crippen LogP contribution is 2.30. The van der Waals surface area contributed by atoms with E-state index in [1.165, 1.54) is 51.4 Å². The number of aliphatic hydroxyl groups excluding tert-OH is 8. The molecular weight excluding hydrogens is 666 g/mol. The minimum absolute atomic E-state index is 0.216. The van der Waals surface area contributed by atoms with Crippen molar-refractivity contribution < 1.29 is 64.6 Å². The maximum atomic E-state index is 12.9.